The Balaban J connectivity index is 2.16. The Morgan fingerprint density at radius 3 is 2.67 bits per heavy atom. The van der Waals surface area contributed by atoms with E-state index in [0.717, 1.165) is 28.2 Å². The zero-order chi connectivity index (χ0) is 12.7. The third kappa shape index (κ3) is 1.66. The van der Waals surface area contributed by atoms with E-state index in [9.17, 15) is 0 Å². The van der Waals surface area contributed by atoms with Crippen LogP contribution in [0.5, 0.6) is 0 Å². The van der Waals surface area contributed by atoms with Gasteiger partial charge in [0.1, 0.15) is 11.6 Å². The molecule has 5 N–H and O–H groups in total. The molecule has 0 amide bonds. The molecule has 0 radical (unpaired) electrons. The fourth-order valence-electron chi connectivity index (χ4n) is 1.83. The monoisotopic (exact) mass is 239 g/mol. The molecule has 0 unspecified atom stereocenters. The first kappa shape index (κ1) is 10.6. The number of rotatable bonds is 1. The van der Waals surface area contributed by atoms with Crippen molar-refractivity contribution >= 4 is 22.7 Å². The molecule has 3 aromatic rings. The van der Waals surface area contributed by atoms with Gasteiger partial charge in [0.25, 0.3) is 0 Å². The SMILES string of the molecule is Cc1ccc(-c2nc3nc(N)ccc3[nH]2)cc1N. The highest BCUT2D eigenvalue weighted by molar-refractivity contribution is 5.78. The molecule has 0 bridgehead atoms. The Morgan fingerprint density at radius 2 is 1.89 bits per heavy atom. The number of hydrogen-bond donors (Lipinski definition) is 3. The molecule has 0 aliphatic heterocycles. The number of anilines is 2. The predicted octanol–water partition coefficient (Wildman–Crippen LogP) is 2.10. The molecule has 0 atom stereocenters. The first-order valence-corrected chi connectivity index (χ1v) is 5.62. The van der Waals surface area contributed by atoms with Crippen molar-refractivity contribution in [1.82, 2.24) is 15.0 Å². The summed E-state index contributed by atoms with van der Waals surface area (Å²) in [5.74, 6) is 1.21. The van der Waals surface area contributed by atoms with Crippen LogP contribution < -0.4 is 11.5 Å². The van der Waals surface area contributed by atoms with Crippen molar-refractivity contribution in [2.75, 3.05) is 11.5 Å². The van der Waals surface area contributed by atoms with E-state index in [1.54, 1.807) is 6.07 Å². The van der Waals surface area contributed by atoms with Crippen molar-refractivity contribution in [1.29, 1.82) is 0 Å². The molecule has 5 nitrogen and oxygen atoms in total. The summed E-state index contributed by atoms with van der Waals surface area (Å²) in [5, 5.41) is 0. The molecule has 0 saturated carbocycles. The fraction of sp³-hybridized carbons (Fsp3) is 0.0769. The quantitative estimate of drug-likeness (QED) is 0.567. The number of fused-ring (bicyclic) bond motifs is 1. The summed E-state index contributed by atoms with van der Waals surface area (Å²) in [6.07, 6.45) is 0. The van der Waals surface area contributed by atoms with Gasteiger partial charge in [0.15, 0.2) is 5.65 Å². The minimum Gasteiger partial charge on any atom is -0.398 e. The number of nitrogens with two attached hydrogens (primary N) is 2. The highest BCUT2D eigenvalue weighted by Gasteiger charge is 2.07. The van der Waals surface area contributed by atoms with Crippen LogP contribution in [0.4, 0.5) is 11.5 Å². The number of H-pyrrole nitrogens is 1. The van der Waals surface area contributed by atoms with Gasteiger partial charge in [-0.15, -0.1) is 0 Å². The van der Waals surface area contributed by atoms with E-state index in [2.05, 4.69) is 15.0 Å². The maximum atomic E-state index is 5.90. The van der Waals surface area contributed by atoms with Gasteiger partial charge in [-0.3, -0.25) is 0 Å². The molecule has 2 aromatic heterocycles. The van der Waals surface area contributed by atoms with Gasteiger partial charge in [-0.2, -0.15) is 0 Å². The van der Waals surface area contributed by atoms with Crippen LogP contribution in [0.3, 0.4) is 0 Å². The largest absolute Gasteiger partial charge is 0.398 e. The lowest BCUT2D eigenvalue weighted by molar-refractivity contribution is 1.30. The zero-order valence-electron chi connectivity index (χ0n) is 9.94. The maximum Gasteiger partial charge on any atom is 0.180 e. The summed E-state index contributed by atoms with van der Waals surface area (Å²) < 4.78 is 0. The molecule has 90 valence electrons. The number of imidazole rings is 1. The molecular weight excluding hydrogens is 226 g/mol. The van der Waals surface area contributed by atoms with Crippen LogP contribution in [0.25, 0.3) is 22.6 Å². The number of benzene rings is 1. The molecule has 18 heavy (non-hydrogen) atoms. The lowest BCUT2D eigenvalue weighted by Gasteiger charge is -2.01. The normalized spacial score (nSPS) is 10.9. The number of nitrogens with one attached hydrogen (secondary N) is 1. The number of aromatic amines is 1. The number of aromatic nitrogens is 3. The lowest BCUT2D eigenvalue weighted by atomic mass is 10.1. The van der Waals surface area contributed by atoms with Gasteiger partial charge in [-0.05, 0) is 30.7 Å². The Kier molecular flexibility index (Phi) is 2.19. The Morgan fingerprint density at radius 1 is 1.06 bits per heavy atom. The summed E-state index contributed by atoms with van der Waals surface area (Å²) in [7, 11) is 0. The zero-order valence-corrected chi connectivity index (χ0v) is 9.94. The molecule has 5 heteroatoms. The summed E-state index contributed by atoms with van der Waals surface area (Å²) >= 11 is 0. The van der Waals surface area contributed by atoms with Crippen LogP contribution in [0.2, 0.25) is 0 Å². The van der Waals surface area contributed by atoms with Crippen LogP contribution in [-0.2, 0) is 0 Å². The fourth-order valence-corrected chi connectivity index (χ4v) is 1.83. The van der Waals surface area contributed by atoms with Crippen LogP contribution in [0, 0.1) is 6.92 Å². The minimum atomic E-state index is 0.462. The predicted molar refractivity (Wildman–Crippen MR) is 72.9 cm³/mol. The second kappa shape index (κ2) is 3.73. The molecule has 0 aliphatic carbocycles. The van der Waals surface area contributed by atoms with Gasteiger partial charge in [0.2, 0.25) is 0 Å². The van der Waals surface area contributed by atoms with Gasteiger partial charge in [-0.1, -0.05) is 12.1 Å². The van der Waals surface area contributed by atoms with Crippen molar-refractivity contribution in [3.63, 3.8) is 0 Å². The van der Waals surface area contributed by atoms with E-state index in [4.69, 9.17) is 11.5 Å². The molecule has 0 saturated heterocycles. The first-order chi connectivity index (χ1) is 8.63. The highest BCUT2D eigenvalue weighted by atomic mass is 15.0. The average molecular weight is 239 g/mol. The van der Waals surface area contributed by atoms with Crippen LogP contribution in [0.1, 0.15) is 5.56 Å². The van der Waals surface area contributed by atoms with Crippen molar-refractivity contribution in [2.24, 2.45) is 0 Å². The van der Waals surface area contributed by atoms with E-state index >= 15 is 0 Å². The number of aryl methyl sites for hydroxylation is 1. The smallest absolute Gasteiger partial charge is 0.180 e. The van der Waals surface area contributed by atoms with Gasteiger partial charge in [-0.25, -0.2) is 9.97 Å². The molecule has 0 fully saturated rings. The van der Waals surface area contributed by atoms with E-state index in [-0.39, 0.29) is 0 Å². The van der Waals surface area contributed by atoms with Crippen molar-refractivity contribution < 1.29 is 0 Å². The molecule has 1 aromatic carbocycles. The van der Waals surface area contributed by atoms with Gasteiger partial charge in [0.05, 0.1) is 5.52 Å². The summed E-state index contributed by atoms with van der Waals surface area (Å²) in [6, 6.07) is 9.46. The summed E-state index contributed by atoms with van der Waals surface area (Å²) in [6.45, 7) is 1.97. The maximum absolute atomic E-state index is 5.90. The minimum absolute atomic E-state index is 0.462. The first-order valence-electron chi connectivity index (χ1n) is 5.62. The molecule has 3 rings (SSSR count). The summed E-state index contributed by atoms with van der Waals surface area (Å²) in [4.78, 5) is 11.8. The van der Waals surface area contributed by atoms with E-state index in [1.165, 1.54) is 0 Å². The van der Waals surface area contributed by atoms with Gasteiger partial charge >= 0.3 is 0 Å². The number of hydrogen-bond acceptors (Lipinski definition) is 4. The van der Waals surface area contributed by atoms with Crippen LogP contribution in [0.15, 0.2) is 30.3 Å². The Hall–Kier alpha value is -2.56. The second-order valence-corrected chi connectivity index (χ2v) is 4.26. The molecular formula is C13H13N5. The van der Waals surface area contributed by atoms with E-state index < -0.39 is 0 Å². The third-order valence-electron chi connectivity index (χ3n) is 2.92. The molecule has 2 heterocycles. The van der Waals surface area contributed by atoms with Gasteiger partial charge < -0.3 is 16.5 Å². The standard InChI is InChI=1S/C13H13N5/c1-7-2-3-8(6-9(7)14)12-16-10-4-5-11(15)17-13(10)18-12/h2-6H,14H2,1H3,(H3,15,16,17,18). The Labute approximate surface area is 104 Å². The average Bonchev–Trinajstić information content (AvgIpc) is 2.75. The summed E-state index contributed by atoms with van der Waals surface area (Å²) in [5.41, 5.74) is 15.7. The topological polar surface area (TPSA) is 93.6 Å². The van der Waals surface area contributed by atoms with Crippen LogP contribution in [-0.4, -0.2) is 15.0 Å². The van der Waals surface area contributed by atoms with Crippen molar-refractivity contribution in [3.8, 4) is 11.4 Å². The van der Waals surface area contributed by atoms with E-state index in [0.29, 0.717) is 11.5 Å². The van der Waals surface area contributed by atoms with Crippen molar-refractivity contribution in [3.05, 3.63) is 35.9 Å². The van der Waals surface area contributed by atoms with E-state index in [1.807, 2.05) is 31.2 Å². The Bertz CT molecular complexity index is 729. The number of pyridine rings is 1. The number of nitrogens with zero attached hydrogens (tertiary/aromatic N) is 2. The highest BCUT2D eigenvalue weighted by Crippen LogP contribution is 2.23. The third-order valence-corrected chi connectivity index (χ3v) is 2.92. The second-order valence-electron chi connectivity index (χ2n) is 4.26. The molecule has 0 spiro atoms. The lowest BCUT2D eigenvalue weighted by Crippen LogP contribution is -1.90. The van der Waals surface area contributed by atoms with Crippen molar-refractivity contribution in [2.45, 2.75) is 6.92 Å². The number of nitrogen functional groups attached to an aromatic ring is 2. The van der Waals surface area contributed by atoms with Crippen LogP contribution >= 0.6 is 0 Å². The van der Waals surface area contributed by atoms with Gasteiger partial charge in [0, 0.05) is 11.3 Å². The molecule has 0 aliphatic rings.